The summed E-state index contributed by atoms with van der Waals surface area (Å²) in [5, 5.41) is 2.46. The summed E-state index contributed by atoms with van der Waals surface area (Å²) >= 11 is 0. The Labute approximate surface area is 57.2 Å². The molecule has 1 atom stereocenters. The molecule has 1 fully saturated rings. The fourth-order valence-electron chi connectivity index (χ4n) is 1.49. The second-order valence-electron chi connectivity index (χ2n) is 3.19. The predicted octanol–water partition coefficient (Wildman–Crippen LogP) is -0.726. The molecule has 9 heavy (non-hydrogen) atoms. The summed E-state index contributed by atoms with van der Waals surface area (Å²) in [5.41, 5.74) is 0. The quantitative estimate of drug-likeness (QED) is 0.521. The lowest BCUT2D eigenvalue weighted by molar-refractivity contribution is -0.669. The third-order valence-electron chi connectivity index (χ3n) is 1.88. The van der Waals surface area contributed by atoms with Crippen molar-refractivity contribution in [2.24, 2.45) is 0 Å². The molecular formula is C7H17N2+. The summed E-state index contributed by atoms with van der Waals surface area (Å²) in [5.74, 6) is 0. The largest absolute Gasteiger partial charge is 0.343 e. The molecule has 1 aliphatic heterocycles. The molecule has 0 saturated carbocycles. The van der Waals surface area contributed by atoms with Crippen molar-refractivity contribution in [2.75, 3.05) is 27.2 Å². The Balaban J connectivity index is 2.11. The monoisotopic (exact) mass is 129 g/mol. The SMILES string of the molecule is CN(C)C[C@@H]1CCC[NH2+]1. The fraction of sp³-hybridized carbons (Fsp3) is 1.00. The average Bonchev–Trinajstić information content (AvgIpc) is 2.15. The number of nitrogens with zero attached hydrogens (tertiary/aromatic N) is 1. The van der Waals surface area contributed by atoms with Gasteiger partial charge in [-0.25, -0.2) is 0 Å². The molecule has 2 heteroatoms. The lowest BCUT2D eigenvalue weighted by Gasteiger charge is -2.12. The minimum absolute atomic E-state index is 0.889. The molecule has 0 radical (unpaired) electrons. The van der Waals surface area contributed by atoms with Gasteiger partial charge in [0.05, 0.1) is 12.6 Å². The molecule has 0 amide bonds. The fourth-order valence-corrected chi connectivity index (χ4v) is 1.49. The molecule has 0 spiro atoms. The Kier molecular flexibility index (Phi) is 2.49. The van der Waals surface area contributed by atoms with E-state index < -0.39 is 0 Å². The van der Waals surface area contributed by atoms with Crippen LogP contribution < -0.4 is 5.32 Å². The standard InChI is InChI=1S/C7H16N2/c1-9(2)6-7-4-3-5-8-7/h7-8H,3-6H2,1-2H3/p+1/t7-/m0/s1. The summed E-state index contributed by atoms with van der Waals surface area (Å²) in [6.07, 6.45) is 2.83. The van der Waals surface area contributed by atoms with E-state index in [0.29, 0.717) is 0 Å². The van der Waals surface area contributed by atoms with Crippen molar-refractivity contribution >= 4 is 0 Å². The van der Waals surface area contributed by atoms with Gasteiger partial charge in [0.2, 0.25) is 0 Å². The Bertz CT molecular complexity index is 75.0. The van der Waals surface area contributed by atoms with E-state index >= 15 is 0 Å². The molecule has 1 aliphatic rings. The number of nitrogens with two attached hydrogens (primary N) is 1. The van der Waals surface area contributed by atoms with Crippen molar-refractivity contribution in [1.29, 1.82) is 0 Å². The van der Waals surface area contributed by atoms with Crippen molar-refractivity contribution < 1.29 is 5.32 Å². The van der Waals surface area contributed by atoms with Crippen LogP contribution in [-0.2, 0) is 0 Å². The number of quaternary nitrogens is 1. The van der Waals surface area contributed by atoms with Crippen LogP contribution in [0.25, 0.3) is 0 Å². The van der Waals surface area contributed by atoms with Gasteiger partial charge in [0.15, 0.2) is 0 Å². The van der Waals surface area contributed by atoms with Crippen LogP contribution in [0.2, 0.25) is 0 Å². The van der Waals surface area contributed by atoms with Crippen molar-refractivity contribution in [3.63, 3.8) is 0 Å². The van der Waals surface area contributed by atoms with E-state index in [9.17, 15) is 0 Å². The van der Waals surface area contributed by atoms with Crippen LogP contribution >= 0.6 is 0 Å². The van der Waals surface area contributed by atoms with Crippen molar-refractivity contribution in [2.45, 2.75) is 18.9 Å². The van der Waals surface area contributed by atoms with Crippen LogP contribution in [0.1, 0.15) is 12.8 Å². The Morgan fingerprint density at radius 3 is 2.78 bits per heavy atom. The first kappa shape index (κ1) is 7.03. The normalized spacial score (nSPS) is 27.7. The Hall–Kier alpha value is -0.0800. The summed E-state index contributed by atoms with van der Waals surface area (Å²) in [6.45, 7) is 2.60. The third-order valence-corrected chi connectivity index (χ3v) is 1.88. The van der Waals surface area contributed by atoms with E-state index in [1.165, 1.54) is 25.9 Å². The lowest BCUT2D eigenvalue weighted by atomic mass is 10.2. The van der Waals surface area contributed by atoms with Crippen LogP contribution in [0.15, 0.2) is 0 Å². The van der Waals surface area contributed by atoms with Gasteiger partial charge in [0, 0.05) is 19.4 Å². The summed E-state index contributed by atoms with van der Waals surface area (Å²) < 4.78 is 0. The number of likely N-dealkylation sites (N-methyl/N-ethyl adjacent to an activating group) is 1. The first-order valence-corrected chi connectivity index (χ1v) is 3.77. The molecule has 1 saturated heterocycles. The molecule has 1 rings (SSSR count). The van der Waals surface area contributed by atoms with Crippen molar-refractivity contribution in [3.05, 3.63) is 0 Å². The number of hydrogen-bond acceptors (Lipinski definition) is 1. The highest BCUT2D eigenvalue weighted by atomic mass is 15.1. The highest BCUT2D eigenvalue weighted by Crippen LogP contribution is 1.97. The molecule has 2 N–H and O–H groups in total. The zero-order valence-corrected chi connectivity index (χ0v) is 6.43. The molecular weight excluding hydrogens is 112 g/mol. The third kappa shape index (κ3) is 2.33. The molecule has 0 aliphatic carbocycles. The first-order chi connectivity index (χ1) is 4.29. The zero-order valence-electron chi connectivity index (χ0n) is 6.43. The van der Waals surface area contributed by atoms with Crippen LogP contribution in [0, 0.1) is 0 Å². The molecule has 0 unspecified atom stereocenters. The molecule has 54 valence electrons. The smallest absolute Gasteiger partial charge is 0.0989 e. The topological polar surface area (TPSA) is 19.9 Å². The van der Waals surface area contributed by atoms with E-state index in [0.717, 1.165) is 6.04 Å². The van der Waals surface area contributed by atoms with Crippen molar-refractivity contribution in [3.8, 4) is 0 Å². The van der Waals surface area contributed by atoms with E-state index in [4.69, 9.17) is 0 Å². The second kappa shape index (κ2) is 3.18. The Morgan fingerprint density at radius 1 is 1.56 bits per heavy atom. The number of hydrogen-bond donors (Lipinski definition) is 1. The van der Waals surface area contributed by atoms with Gasteiger partial charge in [-0.3, -0.25) is 0 Å². The van der Waals surface area contributed by atoms with Crippen LogP contribution in [0.3, 0.4) is 0 Å². The molecule has 0 bridgehead atoms. The van der Waals surface area contributed by atoms with Crippen molar-refractivity contribution in [1.82, 2.24) is 4.90 Å². The van der Waals surface area contributed by atoms with Gasteiger partial charge >= 0.3 is 0 Å². The molecule has 0 aromatic carbocycles. The highest BCUT2D eigenvalue weighted by Gasteiger charge is 2.17. The van der Waals surface area contributed by atoms with E-state index in [2.05, 4.69) is 24.3 Å². The maximum Gasteiger partial charge on any atom is 0.0989 e. The molecule has 0 aromatic heterocycles. The predicted molar refractivity (Wildman–Crippen MR) is 38.4 cm³/mol. The maximum absolute atomic E-state index is 2.46. The van der Waals surface area contributed by atoms with Crippen LogP contribution in [0.5, 0.6) is 0 Å². The van der Waals surface area contributed by atoms with Gasteiger partial charge < -0.3 is 10.2 Å². The summed E-state index contributed by atoms with van der Waals surface area (Å²) in [7, 11) is 4.29. The minimum atomic E-state index is 0.889. The highest BCUT2D eigenvalue weighted by molar-refractivity contribution is 4.61. The zero-order chi connectivity index (χ0) is 6.69. The average molecular weight is 129 g/mol. The molecule has 0 aromatic rings. The van der Waals surface area contributed by atoms with Gasteiger partial charge in [-0.2, -0.15) is 0 Å². The second-order valence-corrected chi connectivity index (χ2v) is 3.19. The van der Waals surface area contributed by atoms with Crippen LogP contribution in [0.4, 0.5) is 0 Å². The van der Waals surface area contributed by atoms with E-state index in [1.54, 1.807) is 0 Å². The first-order valence-electron chi connectivity index (χ1n) is 3.77. The lowest BCUT2D eigenvalue weighted by Crippen LogP contribution is -2.88. The minimum Gasteiger partial charge on any atom is -0.343 e. The van der Waals surface area contributed by atoms with Crippen LogP contribution in [-0.4, -0.2) is 38.1 Å². The van der Waals surface area contributed by atoms with E-state index in [-0.39, 0.29) is 0 Å². The number of rotatable bonds is 2. The van der Waals surface area contributed by atoms with E-state index in [1.807, 2.05) is 0 Å². The summed E-state index contributed by atoms with van der Waals surface area (Å²) in [4.78, 5) is 2.27. The molecule has 2 nitrogen and oxygen atoms in total. The summed E-state index contributed by atoms with van der Waals surface area (Å²) in [6, 6.07) is 0.889. The van der Waals surface area contributed by atoms with Gasteiger partial charge in [0.1, 0.15) is 0 Å². The maximum atomic E-state index is 2.46. The van der Waals surface area contributed by atoms with Gasteiger partial charge in [0.25, 0.3) is 0 Å². The van der Waals surface area contributed by atoms with Gasteiger partial charge in [-0.15, -0.1) is 0 Å². The van der Waals surface area contributed by atoms with Gasteiger partial charge in [-0.05, 0) is 14.1 Å². The molecule has 1 heterocycles. The Morgan fingerprint density at radius 2 is 2.33 bits per heavy atom. The van der Waals surface area contributed by atoms with Gasteiger partial charge in [-0.1, -0.05) is 0 Å².